The molecule has 3 atom stereocenters. The summed E-state index contributed by atoms with van der Waals surface area (Å²) >= 11 is 0. The Bertz CT molecular complexity index is 300. The molecule has 1 aliphatic rings. The molecule has 3 nitrogen and oxygen atoms in total. The number of ether oxygens (including phenoxy) is 2. The molecule has 0 heterocycles. The lowest BCUT2D eigenvalue weighted by atomic mass is 9.86. The third-order valence-corrected chi connectivity index (χ3v) is 2.69. The van der Waals surface area contributed by atoms with Crippen molar-refractivity contribution in [3.8, 4) is 5.75 Å². The number of rotatable bonds is 4. The Kier molecular flexibility index (Phi) is 3.23. The Morgan fingerprint density at radius 2 is 2.07 bits per heavy atom. The number of nitrogens with two attached hydrogens (primary N) is 1. The molecule has 82 valence electrons. The molecule has 1 aromatic carbocycles. The Labute approximate surface area is 90.2 Å². The van der Waals surface area contributed by atoms with Gasteiger partial charge in [0.2, 0.25) is 0 Å². The maximum atomic E-state index is 5.89. The molecule has 15 heavy (non-hydrogen) atoms. The lowest BCUT2D eigenvalue weighted by Gasteiger charge is -2.41. The fraction of sp³-hybridized carbons (Fsp3) is 0.500. The van der Waals surface area contributed by atoms with E-state index in [1.54, 1.807) is 0 Å². The van der Waals surface area contributed by atoms with Gasteiger partial charge in [-0.25, -0.2) is 0 Å². The van der Waals surface area contributed by atoms with Crippen LogP contribution in [0.2, 0.25) is 0 Å². The third kappa shape index (κ3) is 2.30. The van der Waals surface area contributed by atoms with Gasteiger partial charge < -0.3 is 15.2 Å². The smallest absolute Gasteiger partial charge is 0.140 e. The van der Waals surface area contributed by atoms with E-state index in [1.807, 2.05) is 37.3 Å². The molecular formula is C12H17NO2. The predicted octanol–water partition coefficient (Wildman–Crippen LogP) is 1.57. The summed E-state index contributed by atoms with van der Waals surface area (Å²) in [6.07, 6.45) is 1.06. The highest BCUT2D eigenvalue weighted by molar-refractivity contribution is 5.22. The van der Waals surface area contributed by atoms with Crippen LogP contribution in [0, 0.1) is 0 Å². The minimum Gasteiger partial charge on any atom is -0.486 e. The molecule has 1 aromatic rings. The van der Waals surface area contributed by atoms with Gasteiger partial charge >= 0.3 is 0 Å². The molecule has 1 saturated carbocycles. The summed E-state index contributed by atoms with van der Waals surface area (Å²) in [6, 6.07) is 9.85. The van der Waals surface area contributed by atoms with Crippen molar-refractivity contribution in [1.82, 2.24) is 0 Å². The van der Waals surface area contributed by atoms with Crippen LogP contribution in [-0.2, 0) is 4.74 Å². The fourth-order valence-corrected chi connectivity index (χ4v) is 1.81. The van der Waals surface area contributed by atoms with Crippen molar-refractivity contribution in [3.05, 3.63) is 30.3 Å². The molecular weight excluding hydrogens is 190 g/mol. The monoisotopic (exact) mass is 207 g/mol. The molecule has 0 spiro atoms. The zero-order valence-corrected chi connectivity index (χ0v) is 8.93. The van der Waals surface area contributed by atoms with Crippen LogP contribution >= 0.6 is 0 Å². The Hall–Kier alpha value is -1.06. The average Bonchev–Trinajstić information content (AvgIpc) is 2.27. The van der Waals surface area contributed by atoms with Crippen molar-refractivity contribution < 1.29 is 9.47 Å². The lowest BCUT2D eigenvalue weighted by molar-refractivity contribution is -0.0930. The second-order valence-corrected chi connectivity index (χ2v) is 3.79. The summed E-state index contributed by atoms with van der Waals surface area (Å²) in [7, 11) is 0. The van der Waals surface area contributed by atoms with Crippen LogP contribution in [0.15, 0.2) is 30.3 Å². The van der Waals surface area contributed by atoms with Gasteiger partial charge in [-0.1, -0.05) is 18.2 Å². The number of hydrogen-bond donors (Lipinski definition) is 1. The molecule has 0 aliphatic heterocycles. The van der Waals surface area contributed by atoms with E-state index in [0.29, 0.717) is 6.61 Å². The second-order valence-electron chi connectivity index (χ2n) is 3.79. The highest BCUT2D eigenvalue weighted by Gasteiger charge is 2.41. The van der Waals surface area contributed by atoms with Crippen molar-refractivity contribution in [3.63, 3.8) is 0 Å². The average molecular weight is 207 g/mol. The number of benzene rings is 1. The van der Waals surface area contributed by atoms with Crippen LogP contribution in [0.4, 0.5) is 0 Å². The van der Waals surface area contributed by atoms with E-state index in [0.717, 1.165) is 12.2 Å². The van der Waals surface area contributed by atoms with E-state index in [2.05, 4.69) is 0 Å². The van der Waals surface area contributed by atoms with Crippen LogP contribution in [-0.4, -0.2) is 24.9 Å². The van der Waals surface area contributed by atoms with Gasteiger partial charge in [-0.2, -0.15) is 0 Å². The van der Waals surface area contributed by atoms with Crippen molar-refractivity contribution in [2.75, 3.05) is 6.61 Å². The second kappa shape index (κ2) is 4.64. The third-order valence-electron chi connectivity index (χ3n) is 2.69. The SMILES string of the molecule is CCOC1CC(N)C1Oc1ccccc1. The van der Waals surface area contributed by atoms with Gasteiger partial charge in [0, 0.05) is 12.6 Å². The Morgan fingerprint density at radius 3 is 2.67 bits per heavy atom. The van der Waals surface area contributed by atoms with E-state index in [-0.39, 0.29) is 18.2 Å². The molecule has 1 fully saturated rings. The molecule has 3 heteroatoms. The van der Waals surface area contributed by atoms with Gasteiger partial charge in [-0.3, -0.25) is 0 Å². The first kappa shape index (κ1) is 10.5. The van der Waals surface area contributed by atoms with Crippen LogP contribution in [0.1, 0.15) is 13.3 Å². The summed E-state index contributed by atoms with van der Waals surface area (Å²) in [4.78, 5) is 0. The molecule has 0 bridgehead atoms. The van der Waals surface area contributed by atoms with Crippen molar-refractivity contribution in [1.29, 1.82) is 0 Å². The van der Waals surface area contributed by atoms with E-state index in [1.165, 1.54) is 0 Å². The first-order chi connectivity index (χ1) is 7.31. The first-order valence-electron chi connectivity index (χ1n) is 5.40. The topological polar surface area (TPSA) is 44.5 Å². The van der Waals surface area contributed by atoms with Crippen molar-refractivity contribution in [2.45, 2.75) is 31.6 Å². The molecule has 0 radical (unpaired) electrons. The Morgan fingerprint density at radius 1 is 1.33 bits per heavy atom. The van der Waals surface area contributed by atoms with Gasteiger partial charge in [0.1, 0.15) is 11.9 Å². The van der Waals surface area contributed by atoms with E-state index >= 15 is 0 Å². The minimum absolute atomic E-state index is 0.00681. The maximum absolute atomic E-state index is 5.89. The highest BCUT2D eigenvalue weighted by Crippen LogP contribution is 2.27. The molecule has 0 saturated heterocycles. The molecule has 2 rings (SSSR count). The molecule has 1 aliphatic carbocycles. The lowest BCUT2D eigenvalue weighted by Crippen LogP contribution is -2.59. The zero-order chi connectivity index (χ0) is 10.7. The highest BCUT2D eigenvalue weighted by atomic mass is 16.5. The van der Waals surface area contributed by atoms with E-state index in [9.17, 15) is 0 Å². The van der Waals surface area contributed by atoms with Gasteiger partial charge in [0.25, 0.3) is 0 Å². The number of para-hydroxylation sites is 1. The van der Waals surface area contributed by atoms with Gasteiger partial charge in [-0.15, -0.1) is 0 Å². The zero-order valence-electron chi connectivity index (χ0n) is 8.93. The summed E-state index contributed by atoms with van der Waals surface area (Å²) in [5.74, 6) is 0.863. The molecule has 2 N–H and O–H groups in total. The molecule has 3 unspecified atom stereocenters. The van der Waals surface area contributed by atoms with Gasteiger partial charge in [-0.05, 0) is 25.5 Å². The van der Waals surface area contributed by atoms with Crippen LogP contribution < -0.4 is 10.5 Å². The maximum Gasteiger partial charge on any atom is 0.140 e. The van der Waals surface area contributed by atoms with Crippen molar-refractivity contribution in [2.24, 2.45) is 5.73 Å². The van der Waals surface area contributed by atoms with Gasteiger partial charge in [0.05, 0.1) is 6.10 Å². The predicted molar refractivity (Wildman–Crippen MR) is 58.9 cm³/mol. The standard InChI is InChI=1S/C12H17NO2/c1-2-14-11-8-10(13)12(11)15-9-6-4-3-5-7-9/h3-7,10-12H,2,8,13H2,1H3. The summed E-state index contributed by atoms with van der Waals surface area (Å²) < 4.78 is 11.3. The first-order valence-corrected chi connectivity index (χ1v) is 5.40. The van der Waals surface area contributed by atoms with Crippen molar-refractivity contribution >= 4 is 0 Å². The largest absolute Gasteiger partial charge is 0.486 e. The summed E-state index contributed by atoms with van der Waals surface area (Å²) in [6.45, 7) is 2.70. The van der Waals surface area contributed by atoms with Gasteiger partial charge in [0.15, 0.2) is 0 Å². The van der Waals surface area contributed by atoms with Crippen LogP contribution in [0.25, 0.3) is 0 Å². The van der Waals surface area contributed by atoms with E-state index in [4.69, 9.17) is 15.2 Å². The normalized spacial score (nSPS) is 29.6. The minimum atomic E-state index is 0.00681. The van der Waals surface area contributed by atoms with Crippen LogP contribution in [0.3, 0.4) is 0 Å². The Balaban J connectivity index is 1.93. The summed E-state index contributed by atoms with van der Waals surface area (Å²) in [5, 5.41) is 0. The van der Waals surface area contributed by atoms with E-state index < -0.39 is 0 Å². The fourth-order valence-electron chi connectivity index (χ4n) is 1.81. The quantitative estimate of drug-likeness (QED) is 0.815. The summed E-state index contributed by atoms with van der Waals surface area (Å²) in [5.41, 5.74) is 5.89. The van der Waals surface area contributed by atoms with Crippen LogP contribution in [0.5, 0.6) is 5.75 Å². The number of hydrogen-bond acceptors (Lipinski definition) is 3. The molecule has 0 aromatic heterocycles. The molecule has 0 amide bonds.